The van der Waals surface area contributed by atoms with Crippen molar-refractivity contribution in [2.24, 2.45) is 0 Å². The second-order valence-corrected chi connectivity index (χ2v) is 4.78. The summed E-state index contributed by atoms with van der Waals surface area (Å²) in [6, 6.07) is 14.3. The maximum Gasteiger partial charge on any atom is 0.255 e. The fourth-order valence-electron chi connectivity index (χ4n) is 1.95. The molecule has 0 fully saturated rings. The normalized spacial score (nSPS) is 10.2. The van der Waals surface area contributed by atoms with Crippen molar-refractivity contribution in [3.8, 4) is 11.5 Å². The summed E-state index contributed by atoms with van der Waals surface area (Å²) in [6.07, 6.45) is 0. The highest BCUT2D eigenvalue weighted by molar-refractivity contribution is 6.04. The number of hydrogen-bond acceptors (Lipinski definition) is 4. The molecule has 0 bridgehead atoms. The molecule has 5 nitrogen and oxygen atoms in total. The number of methoxy groups -OCH3 is 1. The third-order valence-corrected chi connectivity index (χ3v) is 3.10. The van der Waals surface area contributed by atoms with E-state index in [1.54, 1.807) is 31.4 Å². The molecule has 0 atom stereocenters. The molecule has 122 valence electrons. The molecule has 0 aliphatic carbocycles. The number of carbonyl (C=O) groups excluding carboxylic acids is 1. The van der Waals surface area contributed by atoms with E-state index in [2.05, 4.69) is 5.32 Å². The third-order valence-electron chi connectivity index (χ3n) is 3.10. The second-order valence-electron chi connectivity index (χ2n) is 4.78. The molecule has 0 saturated carbocycles. The molecular weight excluding hydrogens is 294 g/mol. The van der Waals surface area contributed by atoms with Crippen LogP contribution in [0.2, 0.25) is 0 Å². The fraction of sp³-hybridized carbons (Fsp3) is 0.278. The number of benzene rings is 2. The van der Waals surface area contributed by atoms with E-state index in [-0.39, 0.29) is 5.91 Å². The molecule has 1 N–H and O–H groups in total. The lowest BCUT2D eigenvalue weighted by Gasteiger charge is -2.08. The number of anilines is 1. The van der Waals surface area contributed by atoms with Crippen LogP contribution in [-0.4, -0.2) is 32.8 Å². The Morgan fingerprint density at radius 1 is 0.913 bits per heavy atom. The number of carbonyl (C=O) groups is 1. The van der Waals surface area contributed by atoms with Gasteiger partial charge in [-0.2, -0.15) is 0 Å². The predicted octanol–water partition coefficient (Wildman–Crippen LogP) is 3.36. The van der Waals surface area contributed by atoms with Gasteiger partial charge in [0.1, 0.15) is 18.1 Å². The first-order valence-corrected chi connectivity index (χ1v) is 7.49. The highest BCUT2D eigenvalue weighted by Gasteiger charge is 2.06. The van der Waals surface area contributed by atoms with Crippen LogP contribution in [0.5, 0.6) is 11.5 Å². The molecule has 0 heterocycles. The van der Waals surface area contributed by atoms with Crippen molar-refractivity contribution >= 4 is 11.6 Å². The van der Waals surface area contributed by atoms with Crippen LogP contribution in [0.15, 0.2) is 48.5 Å². The van der Waals surface area contributed by atoms with Gasteiger partial charge in [-0.05, 0) is 55.5 Å². The summed E-state index contributed by atoms with van der Waals surface area (Å²) in [7, 11) is 1.62. The average molecular weight is 315 g/mol. The van der Waals surface area contributed by atoms with Crippen molar-refractivity contribution < 1.29 is 19.0 Å². The van der Waals surface area contributed by atoms with Crippen LogP contribution < -0.4 is 14.8 Å². The van der Waals surface area contributed by atoms with Crippen LogP contribution >= 0.6 is 0 Å². The number of nitrogens with one attached hydrogen (secondary N) is 1. The van der Waals surface area contributed by atoms with Gasteiger partial charge in [0.25, 0.3) is 5.91 Å². The minimum atomic E-state index is -0.169. The van der Waals surface area contributed by atoms with Crippen molar-refractivity contribution in [1.29, 1.82) is 0 Å². The molecule has 0 aromatic heterocycles. The van der Waals surface area contributed by atoms with Gasteiger partial charge in [0.15, 0.2) is 0 Å². The van der Waals surface area contributed by atoms with Gasteiger partial charge in [0, 0.05) is 18.4 Å². The summed E-state index contributed by atoms with van der Waals surface area (Å²) >= 11 is 0. The van der Waals surface area contributed by atoms with E-state index >= 15 is 0 Å². The van der Waals surface area contributed by atoms with Gasteiger partial charge in [0.05, 0.1) is 13.2 Å². The molecule has 2 aromatic carbocycles. The van der Waals surface area contributed by atoms with Gasteiger partial charge in [-0.3, -0.25) is 4.79 Å². The van der Waals surface area contributed by atoms with Crippen LogP contribution in [0.1, 0.15) is 17.3 Å². The summed E-state index contributed by atoms with van der Waals surface area (Å²) in [5.41, 5.74) is 1.29. The smallest absolute Gasteiger partial charge is 0.255 e. The summed E-state index contributed by atoms with van der Waals surface area (Å²) in [5, 5.41) is 2.84. The molecule has 1 amide bonds. The lowest BCUT2D eigenvalue weighted by atomic mass is 10.2. The SMILES string of the molecule is CCOc1ccc(NC(=O)c2ccc(OCCOC)cc2)cc1. The third kappa shape index (κ3) is 5.30. The minimum Gasteiger partial charge on any atom is -0.494 e. The molecule has 23 heavy (non-hydrogen) atoms. The maximum absolute atomic E-state index is 12.2. The molecule has 5 heteroatoms. The summed E-state index contributed by atoms with van der Waals surface area (Å²) in [6.45, 7) is 3.55. The summed E-state index contributed by atoms with van der Waals surface area (Å²) in [5.74, 6) is 1.32. The first-order valence-electron chi connectivity index (χ1n) is 7.49. The zero-order chi connectivity index (χ0) is 16.5. The zero-order valence-corrected chi connectivity index (χ0v) is 13.4. The van der Waals surface area contributed by atoms with E-state index in [0.717, 1.165) is 11.4 Å². The molecule has 2 rings (SSSR count). The topological polar surface area (TPSA) is 56.8 Å². The Bertz CT molecular complexity index is 608. The Balaban J connectivity index is 1.92. The van der Waals surface area contributed by atoms with Crippen LogP contribution in [-0.2, 0) is 4.74 Å². The molecule has 0 saturated heterocycles. The number of rotatable bonds is 8. The van der Waals surface area contributed by atoms with Crippen LogP contribution in [0.3, 0.4) is 0 Å². The quantitative estimate of drug-likeness (QED) is 0.759. The van der Waals surface area contributed by atoms with Gasteiger partial charge in [-0.25, -0.2) is 0 Å². The number of amides is 1. The van der Waals surface area contributed by atoms with E-state index in [1.165, 1.54) is 0 Å². The van der Waals surface area contributed by atoms with Crippen molar-refractivity contribution in [3.05, 3.63) is 54.1 Å². The van der Waals surface area contributed by atoms with Gasteiger partial charge < -0.3 is 19.5 Å². The highest BCUT2D eigenvalue weighted by Crippen LogP contribution is 2.17. The van der Waals surface area contributed by atoms with E-state index < -0.39 is 0 Å². The Morgan fingerprint density at radius 3 is 2.13 bits per heavy atom. The molecular formula is C18H21NO4. The summed E-state index contributed by atoms with van der Waals surface area (Å²) in [4.78, 5) is 12.2. The first kappa shape index (κ1) is 16.8. The van der Waals surface area contributed by atoms with Crippen molar-refractivity contribution in [2.75, 3.05) is 32.2 Å². The largest absolute Gasteiger partial charge is 0.494 e. The Hall–Kier alpha value is -2.53. The Kier molecular flexibility index (Phi) is 6.44. The molecule has 0 aliphatic rings. The van der Waals surface area contributed by atoms with Gasteiger partial charge in [0.2, 0.25) is 0 Å². The van der Waals surface area contributed by atoms with Crippen LogP contribution in [0.4, 0.5) is 5.69 Å². The average Bonchev–Trinajstić information content (AvgIpc) is 2.58. The van der Waals surface area contributed by atoms with Crippen molar-refractivity contribution in [1.82, 2.24) is 0 Å². The molecule has 0 unspecified atom stereocenters. The van der Waals surface area contributed by atoms with Gasteiger partial charge in [-0.1, -0.05) is 0 Å². The zero-order valence-electron chi connectivity index (χ0n) is 13.4. The Morgan fingerprint density at radius 2 is 1.52 bits per heavy atom. The lowest BCUT2D eigenvalue weighted by Crippen LogP contribution is -2.12. The molecule has 0 aliphatic heterocycles. The second kappa shape index (κ2) is 8.80. The maximum atomic E-state index is 12.2. The number of ether oxygens (including phenoxy) is 3. The van der Waals surface area contributed by atoms with E-state index in [9.17, 15) is 4.79 Å². The fourth-order valence-corrected chi connectivity index (χ4v) is 1.95. The van der Waals surface area contributed by atoms with Crippen LogP contribution in [0, 0.1) is 0 Å². The van der Waals surface area contributed by atoms with Gasteiger partial charge >= 0.3 is 0 Å². The Labute approximate surface area is 136 Å². The molecule has 0 spiro atoms. The highest BCUT2D eigenvalue weighted by atomic mass is 16.5. The first-order chi connectivity index (χ1) is 11.2. The predicted molar refractivity (Wildman–Crippen MR) is 89.4 cm³/mol. The molecule has 0 radical (unpaired) electrons. The standard InChI is InChI=1S/C18H21NO4/c1-3-22-16-10-6-15(7-11-16)19-18(20)14-4-8-17(9-5-14)23-13-12-21-2/h4-11H,3,12-13H2,1-2H3,(H,19,20). The minimum absolute atomic E-state index is 0.169. The lowest BCUT2D eigenvalue weighted by molar-refractivity contribution is 0.102. The van der Waals surface area contributed by atoms with E-state index in [0.29, 0.717) is 31.1 Å². The van der Waals surface area contributed by atoms with Crippen LogP contribution in [0.25, 0.3) is 0 Å². The number of hydrogen-bond donors (Lipinski definition) is 1. The molecule has 2 aromatic rings. The van der Waals surface area contributed by atoms with Crippen molar-refractivity contribution in [3.63, 3.8) is 0 Å². The summed E-state index contributed by atoms with van der Waals surface area (Å²) < 4.78 is 15.8. The monoisotopic (exact) mass is 315 g/mol. The van der Waals surface area contributed by atoms with E-state index in [4.69, 9.17) is 14.2 Å². The van der Waals surface area contributed by atoms with Gasteiger partial charge in [-0.15, -0.1) is 0 Å². The van der Waals surface area contributed by atoms with Crippen molar-refractivity contribution in [2.45, 2.75) is 6.92 Å². The van der Waals surface area contributed by atoms with E-state index in [1.807, 2.05) is 31.2 Å².